The van der Waals surface area contributed by atoms with Crippen LogP contribution in [0.15, 0.2) is 60.2 Å². The number of rotatable bonds is 6. The highest BCUT2D eigenvalue weighted by Crippen LogP contribution is 2.23. The van der Waals surface area contributed by atoms with E-state index < -0.39 is 23.9 Å². The Morgan fingerprint density at radius 2 is 1.78 bits per heavy atom. The predicted octanol–water partition coefficient (Wildman–Crippen LogP) is 2.82. The van der Waals surface area contributed by atoms with Gasteiger partial charge >= 0.3 is 5.97 Å². The van der Waals surface area contributed by atoms with E-state index >= 15 is 0 Å². The van der Waals surface area contributed by atoms with Crippen molar-refractivity contribution in [1.82, 2.24) is 4.57 Å². The molecular weight excluding hydrogens is 366 g/mol. The second-order valence-corrected chi connectivity index (χ2v) is 6.62. The number of primary amides is 1. The fourth-order valence-corrected chi connectivity index (χ4v) is 3.15. The van der Waals surface area contributed by atoms with Crippen LogP contribution in [0, 0.1) is 0 Å². The zero-order valence-electron chi connectivity index (χ0n) is 14.4. The lowest BCUT2D eigenvalue weighted by atomic mass is 10.2. The number of benzene rings is 1. The summed E-state index contributed by atoms with van der Waals surface area (Å²) >= 11 is 1.25. The van der Waals surface area contributed by atoms with Crippen LogP contribution in [0.25, 0.3) is 5.69 Å². The van der Waals surface area contributed by atoms with Gasteiger partial charge in [-0.25, -0.2) is 4.79 Å². The first-order valence-corrected chi connectivity index (χ1v) is 8.96. The molecular formula is C19H17N3O4S. The van der Waals surface area contributed by atoms with Crippen LogP contribution >= 0.6 is 11.3 Å². The van der Waals surface area contributed by atoms with Gasteiger partial charge in [0.1, 0.15) is 4.88 Å². The lowest BCUT2D eigenvalue weighted by Gasteiger charge is -2.14. The number of carbonyl (C=O) groups excluding carboxylic acids is 3. The van der Waals surface area contributed by atoms with Crippen LogP contribution < -0.4 is 11.1 Å². The van der Waals surface area contributed by atoms with Crippen LogP contribution in [-0.4, -0.2) is 28.5 Å². The summed E-state index contributed by atoms with van der Waals surface area (Å²) in [7, 11) is 0. The lowest BCUT2D eigenvalue weighted by molar-refractivity contribution is -0.123. The number of aromatic nitrogens is 1. The number of nitrogens with zero attached hydrogens (tertiary/aromatic N) is 1. The first kappa shape index (κ1) is 18.4. The van der Waals surface area contributed by atoms with Crippen LogP contribution in [-0.2, 0) is 9.53 Å². The van der Waals surface area contributed by atoms with E-state index in [-0.39, 0.29) is 0 Å². The van der Waals surface area contributed by atoms with Crippen LogP contribution in [0.2, 0.25) is 0 Å². The molecule has 0 radical (unpaired) electrons. The Labute approximate surface area is 159 Å². The number of amides is 2. The summed E-state index contributed by atoms with van der Waals surface area (Å²) in [6.45, 7) is 1.49. The highest BCUT2D eigenvalue weighted by molar-refractivity contribution is 7.12. The third kappa shape index (κ3) is 4.24. The number of nitrogens with two attached hydrogens (primary N) is 1. The Hall–Kier alpha value is -3.39. The lowest BCUT2D eigenvalue weighted by Crippen LogP contribution is -2.30. The zero-order valence-corrected chi connectivity index (χ0v) is 15.2. The largest absolute Gasteiger partial charge is 0.448 e. The molecule has 0 aliphatic carbocycles. The van der Waals surface area contributed by atoms with Gasteiger partial charge in [-0.2, -0.15) is 0 Å². The van der Waals surface area contributed by atoms with Crippen LogP contribution in [0.5, 0.6) is 0 Å². The van der Waals surface area contributed by atoms with E-state index in [0.717, 1.165) is 0 Å². The van der Waals surface area contributed by atoms with Gasteiger partial charge in [-0.1, -0.05) is 0 Å². The third-order valence-electron chi connectivity index (χ3n) is 3.80. The summed E-state index contributed by atoms with van der Waals surface area (Å²) in [5, 5.41) is 4.42. The molecule has 27 heavy (non-hydrogen) atoms. The molecule has 2 amide bonds. The van der Waals surface area contributed by atoms with Crippen molar-refractivity contribution in [3.05, 3.63) is 70.7 Å². The quantitative estimate of drug-likeness (QED) is 0.639. The molecule has 3 N–H and O–H groups in total. The minimum atomic E-state index is -0.993. The van der Waals surface area contributed by atoms with Gasteiger partial charge in [0.25, 0.3) is 5.91 Å². The smallest absolute Gasteiger partial charge is 0.351 e. The number of hydrogen-bond donors (Lipinski definition) is 2. The number of nitrogens with one attached hydrogen (secondary N) is 1. The molecule has 0 aliphatic rings. The van der Waals surface area contributed by atoms with Gasteiger partial charge in [0.15, 0.2) is 6.10 Å². The molecule has 1 atom stereocenters. The molecule has 3 rings (SSSR count). The summed E-state index contributed by atoms with van der Waals surface area (Å²) in [6, 6.07) is 11.6. The van der Waals surface area contributed by atoms with Crippen molar-refractivity contribution in [3.8, 4) is 5.69 Å². The third-order valence-corrected chi connectivity index (χ3v) is 4.69. The Morgan fingerprint density at radius 3 is 2.41 bits per heavy atom. The normalized spacial score (nSPS) is 11.6. The monoisotopic (exact) mass is 383 g/mol. The zero-order chi connectivity index (χ0) is 19.4. The van der Waals surface area contributed by atoms with E-state index in [0.29, 0.717) is 21.8 Å². The summed E-state index contributed by atoms with van der Waals surface area (Å²) in [4.78, 5) is 36.2. The maximum absolute atomic E-state index is 12.5. The van der Waals surface area contributed by atoms with Gasteiger partial charge in [-0.15, -0.1) is 11.3 Å². The van der Waals surface area contributed by atoms with E-state index in [9.17, 15) is 14.4 Å². The minimum absolute atomic E-state index is 0.336. The molecule has 2 aromatic heterocycles. The summed E-state index contributed by atoms with van der Waals surface area (Å²) in [5.41, 5.74) is 6.68. The highest BCUT2D eigenvalue weighted by atomic mass is 32.1. The second-order valence-electron chi connectivity index (χ2n) is 5.70. The standard InChI is InChI=1S/C19H17N3O4S/c1-12(18(24)21-14-6-4-13(5-7-14)17(20)23)26-19(25)16-15(8-11-27-16)22-9-2-3-10-22/h2-12H,1H3,(H2,20,23)(H,21,24)/t12-/m0/s1. The first-order chi connectivity index (χ1) is 13.0. The topological polar surface area (TPSA) is 103 Å². The molecule has 0 fully saturated rings. The summed E-state index contributed by atoms with van der Waals surface area (Å²) in [5.74, 6) is -1.60. The van der Waals surface area contributed by atoms with Gasteiger partial charge in [0.05, 0.1) is 5.69 Å². The summed E-state index contributed by atoms with van der Waals surface area (Å²) < 4.78 is 7.11. The van der Waals surface area contributed by atoms with E-state index in [4.69, 9.17) is 10.5 Å². The van der Waals surface area contributed by atoms with Crippen molar-refractivity contribution in [2.45, 2.75) is 13.0 Å². The van der Waals surface area contributed by atoms with Crippen molar-refractivity contribution in [3.63, 3.8) is 0 Å². The number of esters is 1. The van der Waals surface area contributed by atoms with Gasteiger partial charge in [-0.3, -0.25) is 9.59 Å². The van der Waals surface area contributed by atoms with E-state index in [2.05, 4.69) is 5.32 Å². The van der Waals surface area contributed by atoms with Gasteiger partial charge in [0, 0.05) is 23.6 Å². The molecule has 138 valence electrons. The average molecular weight is 383 g/mol. The number of carbonyl (C=O) groups is 3. The molecule has 0 aliphatic heterocycles. The van der Waals surface area contributed by atoms with Crippen molar-refractivity contribution in [2.24, 2.45) is 5.73 Å². The fourth-order valence-electron chi connectivity index (χ4n) is 2.38. The Bertz CT molecular complexity index is 961. The summed E-state index contributed by atoms with van der Waals surface area (Å²) in [6.07, 6.45) is 2.66. The van der Waals surface area contributed by atoms with Crippen LogP contribution in [0.4, 0.5) is 5.69 Å². The second kappa shape index (κ2) is 7.88. The average Bonchev–Trinajstić information content (AvgIpc) is 3.33. The number of ether oxygens (including phenoxy) is 1. The van der Waals surface area contributed by atoms with Gasteiger partial charge < -0.3 is 20.4 Å². The van der Waals surface area contributed by atoms with Crippen molar-refractivity contribution in [2.75, 3.05) is 5.32 Å². The molecule has 0 unspecified atom stereocenters. The van der Waals surface area contributed by atoms with Crippen molar-refractivity contribution < 1.29 is 19.1 Å². The maximum Gasteiger partial charge on any atom is 0.351 e. The Balaban J connectivity index is 1.64. The van der Waals surface area contributed by atoms with E-state index in [1.165, 1.54) is 30.4 Å². The van der Waals surface area contributed by atoms with Gasteiger partial charge in [0.2, 0.25) is 5.91 Å². The van der Waals surface area contributed by atoms with Gasteiger partial charge in [-0.05, 0) is 54.8 Å². The van der Waals surface area contributed by atoms with Crippen molar-refractivity contribution in [1.29, 1.82) is 0 Å². The minimum Gasteiger partial charge on any atom is -0.448 e. The molecule has 1 aromatic carbocycles. The molecule has 0 saturated carbocycles. The molecule has 7 nitrogen and oxygen atoms in total. The van der Waals surface area contributed by atoms with Crippen LogP contribution in [0.1, 0.15) is 27.0 Å². The molecule has 3 aromatic rings. The maximum atomic E-state index is 12.5. The molecule has 8 heteroatoms. The highest BCUT2D eigenvalue weighted by Gasteiger charge is 2.22. The molecule has 0 saturated heterocycles. The van der Waals surface area contributed by atoms with Crippen LogP contribution in [0.3, 0.4) is 0 Å². The molecule has 0 spiro atoms. The Morgan fingerprint density at radius 1 is 1.11 bits per heavy atom. The van der Waals surface area contributed by atoms with Crippen molar-refractivity contribution >= 4 is 34.8 Å². The number of anilines is 1. The number of thiophene rings is 1. The fraction of sp³-hybridized carbons (Fsp3) is 0.105. The Kier molecular flexibility index (Phi) is 5.37. The number of hydrogen-bond acceptors (Lipinski definition) is 5. The predicted molar refractivity (Wildman–Crippen MR) is 102 cm³/mol. The first-order valence-electron chi connectivity index (χ1n) is 8.08. The molecule has 0 bridgehead atoms. The van der Waals surface area contributed by atoms with E-state index in [1.54, 1.807) is 22.1 Å². The molecule has 2 heterocycles. The van der Waals surface area contributed by atoms with E-state index in [1.807, 2.05) is 30.6 Å². The SMILES string of the molecule is C[C@H](OC(=O)c1sccc1-n1cccc1)C(=O)Nc1ccc(C(N)=O)cc1.